The van der Waals surface area contributed by atoms with Crippen LogP contribution in [0.25, 0.3) is 5.57 Å². The van der Waals surface area contributed by atoms with E-state index in [0.29, 0.717) is 5.92 Å². The van der Waals surface area contributed by atoms with E-state index in [9.17, 15) is 5.11 Å². The van der Waals surface area contributed by atoms with Gasteiger partial charge in [0.25, 0.3) is 0 Å². The lowest BCUT2D eigenvalue weighted by Crippen LogP contribution is -2.24. The van der Waals surface area contributed by atoms with Crippen LogP contribution in [-0.4, -0.2) is 40.7 Å². The van der Waals surface area contributed by atoms with Crippen LogP contribution in [0, 0.1) is 5.92 Å². The fourth-order valence-corrected chi connectivity index (χ4v) is 3.71. The van der Waals surface area contributed by atoms with Crippen molar-refractivity contribution in [2.24, 2.45) is 5.92 Å². The molecule has 0 bridgehead atoms. The average Bonchev–Trinajstić information content (AvgIpc) is 3.05. The molecule has 22 heavy (non-hydrogen) atoms. The van der Waals surface area contributed by atoms with Crippen molar-refractivity contribution in [1.82, 2.24) is 9.88 Å². The number of aromatic nitrogens is 1. The van der Waals surface area contributed by atoms with Crippen LogP contribution in [-0.2, 0) is 6.42 Å². The summed E-state index contributed by atoms with van der Waals surface area (Å²) in [4.78, 5) is 6.87. The Morgan fingerprint density at radius 1 is 1.36 bits per heavy atom. The SMILES string of the molecule is CCCCC[C@H]1CN(CC2=CCc3c(N)ccnc32)CC1O. The smallest absolute Gasteiger partial charge is 0.0727 e. The molecule has 0 spiro atoms. The molecule has 2 heterocycles. The van der Waals surface area contributed by atoms with Crippen molar-refractivity contribution in [3.05, 3.63) is 29.6 Å². The Balaban J connectivity index is 1.59. The van der Waals surface area contributed by atoms with E-state index in [4.69, 9.17) is 5.73 Å². The third kappa shape index (κ3) is 3.18. The zero-order valence-corrected chi connectivity index (χ0v) is 13.5. The quantitative estimate of drug-likeness (QED) is 0.792. The first-order chi connectivity index (χ1) is 10.7. The normalized spacial score (nSPS) is 24.5. The van der Waals surface area contributed by atoms with Crippen LogP contribution in [0.1, 0.15) is 43.9 Å². The number of nitrogens with two attached hydrogens (primary N) is 1. The van der Waals surface area contributed by atoms with Crippen molar-refractivity contribution < 1.29 is 5.11 Å². The molecule has 2 atom stereocenters. The zero-order chi connectivity index (χ0) is 15.5. The lowest BCUT2D eigenvalue weighted by Gasteiger charge is -2.17. The molecule has 4 nitrogen and oxygen atoms in total. The number of unbranched alkanes of at least 4 members (excludes halogenated alkanes) is 2. The van der Waals surface area contributed by atoms with Gasteiger partial charge in [-0.15, -0.1) is 0 Å². The molecule has 0 saturated carbocycles. The van der Waals surface area contributed by atoms with E-state index in [1.165, 1.54) is 24.8 Å². The first-order valence-corrected chi connectivity index (χ1v) is 8.52. The molecule has 1 unspecified atom stereocenters. The Hall–Kier alpha value is -1.39. The summed E-state index contributed by atoms with van der Waals surface area (Å²) in [5, 5.41) is 10.3. The van der Waals surface area contributed by atoms with E-state index < -0.39 is 0 Å². The molecular weight excluding hydrogens is 274 g/mol. The summed E-state index contributed by atoms with van der Waals surface area (Å²) in [7, 11) is 0. The van der Waals surface area contributed by atoms with E-state index >= 15 is 0 Å². The number of hydrogen-bond donors (Lipinski definition) is 2. The lowest BCUT2D eigenvalue weighted by atomic mass is 9.98. The number of anilines is 1. The second kappa shape index (κ2) is 6.80. The van der Waals surface area contributed by atoms with Gasteiger partial charge in [-0.3, -0.25) is 9.88 Å². The molecule has 3 rings (SSSR count). The lowest BCUT2D eigenvalue weighted by molar-refractivity contribution is 0.137. The van der Waals surface area contributed by atoms with Crippen molar-refractivity contribution in [2.75, 3.05) is 25.4 Å². The molecule has 1 aliphatic carbocycles. The van der Waals surface area contributed by atoms with E-state index in [1.807, 2.05) is 6.07 Å². The largest absolute Gasteiger partial charge is 0.398 e. The van der Waals surface area contributed by atoms with E-state index in [1.54, 1.807) is 6.20 Å². The van der Waals surface area contributed by atoms with E-state index in [0.717, 1.165) is 49.4 Å². The van der Waals surface area contributed by atoms with Gasteiger partial charge >= 0.3 is 0 Å². The highest BCUT2D eigenvalue weighted by atomic mass is 16.3. The maximum Gasteiger partial charge on any atom is 0.0727 e. The van der Waals surface area contributed by atoms with Gasteiger partial charge in [0.2, 0.25) is 0 Å². The van der Waals surface area contributed by atoms with Gasteiger partial charge in [-0.25, -0.2) is 0 Å². The number of fused-ring (bicyclic) bond motifs is 1. The Morgan fingerprint density at radius 3 is 3.05 bits per heavy atom. The topological polar surface area (TPSA) is 62.4 Å². The number of hydrogen-bond acceptors (Lipinski definition) is 4. The van der Waals surface area contributed by atoms with Gasteiger partial charge in [-0.05, 0) is 30.4 Å². The van der Waals surface area contributed by atoms with Crippen molar-refractivity contribution in [3.8, 4) is 0 Å². The minimum Gasteiger partial charge on any atom is -0.398 e. The molecule has 0 amide bonds. The monoisotopic (exact) mass is 301 g/mol. The maximum absolute atomic E-state index is 10.3. The fraction of sp³-hybridized carbons (Fsp3) is 0.611. The van der Waals surface area contributed by atoms with Crippen LogP contribution < -0.4 is 5.73 Å². The molecule has 1 saturated heterocycles. The Morgan fingerprint density at radius 2 is 2.23 bits per heavy atom. The summed E-state index contributed by atoms with van der Waals surface area (Å²) in [6, 6.07) is 1.87. The number of aliphatic hydroxyl groups is 1. The second-order valence-electron chi connectivity index (χ2n) is 6.68. The molecule has 1 fully saturated rings. The van der Waals surface area contributed by atoms with Gasteiger partial charge < -0.3 is 10.8 Å². The molecule has 120 valence electrons. The molecule has 0 radical (unpaired) electrons. The van der Waals surface area contributed by atoms with E-state index in [-0.39, 0.29) is 6.10 Å². The molecule has 3 N–H and O–H groups in total. The number of nitrogen functional groups attached to an aromatic ring is 1. The molecule has 4 heteroatoms. The fourth-order valence-electron chi connectivity index (χ4n) is 3.71. The summed E-state index contributed by atoms with van der Waals surface area (Å²) in [5.41, 5.74) is 10.4. The molecule has 2 aliphatic rings. The number of nitrogens with zero attached hydrogens (tertiary/aromatic N) is 2. The predicted octanol–water partition coefficient (Wildman–Crippen LogP) is 2.48. The van der Waals surface area contributed by atoms with Crippen molar-refractivity contribution in [3.63, 3.8) is 0 Å². The highest BCUT2D eigenvalue weighted by Crippen LogP contribution is 2.31. The first-order valence-electron chi connectivity index (χ1n) is 8.52. The number of aliphatic hydroxyl groups excluding tert-OH is 1. The van der Waals surface area contributed by atoms with Crippen molar-refractivity contribution >= 4 is 11.3 Å². The van der Waals surface area contributed by atoms with Crippen LogP contribution >= 0.6 is 0 Å². The Labute approximate surface area is 133 Å². The summed E-state index contributed by atoms with van der Waals surface area (Å²) in [6.45, 7) is 4.89. The number of pyridine rings is 1. The van der Waals surface area contributed by atoms with Crippen LogP contribution in [0.5, 0.6) is 0 Å². The highest BCUT2D eigenvalue weighted by molar-refractivity contribution is 5.75. The minimum atomic E-state index is -0.174. The third-order valence-corrected chi connectivity index (χ3v) is 5.00. The first kappa shape index (κ1) is 15.5. The number of allylic oxidation sites excluding steroid dienone is 1. The van der Waals surface area contributed by atoms with Gasteiger partial charge in [0.1, 0.15) is 0 Å². The van der Waals surface area contributed by atoms with Crippen molar-refractivity contribution in [1.29, 1.82) is 0 Å². The van der Waals surface area contributed by atoms with Crippen LogP contribution in [0.2, 0.25) is 0 Å². The van der Waals surface area contributed by atoms with Crippen molar-refractivity contribution in [2.45, 2.75) is 45.1 Å². The summed E-state index contributed by atoms with van der Waals surface area (Å²) >= 11 is 0. The number of rotatable bonds is 6. The Kier molecular flexibility index (Phi) is 4.79. The number of likely N-dealkylation sites (tertiary alicyclic amines) is 1. The second-order valence-corrected chi connectivity index (χ2v) is 6.68. The van der Waals surface area contributed by atoms with Gasteiger partial charge in [0.15, 0.2) is 0 Å². The minimum absolute atomic E-state index is 0.174. The summed E-state index contributed by atoms with van der Waals surface area (Å²) < 4.78 is 0. The molecule has 1 aromatic heterocycles. The summed E-state index contributed by atoms with van der Waals surface area (Å²) in [5.74, 6) is 0.432. The molecular formula is C18H27N3O. The highest BCUT2D eigenvalue weighted by Gasteiger charge is 2.32. The standard InChI is InChI=1S/C18H27N3O/c1-2-3-4-5-13-10-21(12-17(13)22)11-14-6-7-15-16(19)8-9-20-18(14)15/h6,8-9,13,17,22H,2-5,7,10-12H2,1H3,(H2,19,20)/t13-,17?/m0/s1. The van der Waals surface area contributed by atoms with E-state index in [2.05, 4.69) is 22.9 Å². The number of β-amino-alcohol motifs (C(OH)–C–C–N with tert-alkyl or cyclic N) is 1. The van der Waals surface area contributed by atoms with Crippen LogP contribution in [0.4, 0.5) is 5.69 Å². The van der Waals surface area contributed by atoms with Gasteiger partial charge in [-0.2, -0.15) is 0 Å². The maximum atomic E-state index is 10.3. The zero-order valence-electron chi connectivity index (χ0n) is 13.5. The third-order valence-electron chi connectivity index (χ3n) is 5.00. The van der Waals surface area contributed by atoms with Gasteiger partial charge in [0.05, 0.1) is 11.8 Å². The van der Waals surface area contributed by atoms with Gasteiger partial charge in [0, 0.05) is 37.1 Å². The average molecular weight is 301 g/mol. The van der Waals surface area contributed by atoms with Gasteiger partial charge in [-0.1, -0.05) is 32.3 Å². The predicted molar refractivity (Wildman–Crippen MR) is 90.4 cm³/mol. The van der Waals surface area contributed by atoms with Crippen LogP contribution in [0.3, 0.4) is 0 Å². The van der Waals surface area contributed by atoms with Crippen LogP contribution in [0.15, 0.2) is 18.3 Å². The molecule has 1 aromatic rings. The Bertz CT molecular complexity index is 555. The summed E-state index contributed by atoms with van der Waals surface area (Å²) in [6.07, 6.45) is 9.63. The molecule has 0 aromatic carbocycles. The molecule has 1 aliphatic heterocycles.